The minimum atomic E-state index is 0.0988. The van der Waals surface area contributed by atoms with Gasteiger partial charge in [0.25, 0.3) is 0 Å². The van der Waals surface area contributed by atoms with Gasteiger partial charge in [0.15, 0.2) is 0 Å². The Hall–Kier alpha value is -1.46. The van der Waals surface area contributed by atoms with Crippen LogP contribution in [0.25, 0.3) is 0 Å². The first-order valence-corrected chi connectivity index (χ1v) is 8.72. The molecule has 2 aliphatic heterocycles. The zero-order valence-corrected chi connectivity index (χ0v) is 13.5. The Balaban J connectivity index is 1.37. The van der Waals surface area contributed by atoms with Gasteiger partial charge >= 0.3 is 0 Å². The molecule has 0 radical (unpaired) electrons. The molecular weight excluding hydrogens is 290 g/mol. The average molecular weight is 315 g/mol. The average Bonchev–Trinajstić information content (AvgIpc) is 3.01. The lowest BCUT2D eigenvalue weighted by atomic mass is 9.80. The van der Waals surface area contributed by atoms with E-state index in [4.69, 9.17) is 4.74 Å². The van der Waals surface area contributed by atoms with Crippen molar-refractivity contribution in [1.82, 2.24) is 15.2 Å². The second kappa shape index (κ2) is 6.21. The number of hydrogen-bond acceptors (Lipinski definition) is 4. The van der Waals surface area contributed by atoms with Crippen LogP contribution in [0.5, 0.6) is 0 Å². The molecule has 1 aliphatic carbocycles. The Labute approximate surface area is 137 Å². The number of hydrogen-bond donors (Lipinski definition) is 1. The summed E-state index contributed by atoms with van der Waals surface area (Å²) < 4.78 is 5.76. The molecule has 3 fully saturated rings. The number of ether oxygens (including phenoxy) is 1. The van der Waals surface area contributed by atoms with E-state index >= 15 is 0 Å². The highest BCUT2D eigenvalue weighted by atomic mass is 16.5. The van der Waals surface area contributed by atoms with Gasteiger partial charge in [0.2, 0.25) is 5.91 Å². The fourth-order valence-corrected chi connectivity index (χ4v) is 4.14. The molecule has 1 amide bonds. The maximum absolute atomic E-state index is 12.2. The van der Waals surface area contributed by atoms with E-state index in [9.17, 15) is 4.79 Å². The van der Waals surface area contributed by atoms with E-state index in [2.05, 4.69) is 21.3 Å². The summed E-state index contributed by atoms with van der Waals surface area (Å²) in [4.78, 5) is 18.9. The van der Waals surface area contributed by atoms with Gasteiger partial charge in [-0.2, -0.15) is 0 Å². The monoisotopic (exact) mass is 315 g/mol. The number of aromatic nitrogens is 1. The summed E-state index contributed by atoms with van der Waals surface area (Å²) in [5, 5.41) is 3.22. The van der Waals surface area contributed by atoms with Gasteiger partial charge in [0.05, 0.1) is 13.2 Å². The number of amides is 1. The van der Waals surface area contributed by atoms with Crippen molar-refractivity contribution in [2.24, 2.45) is 17.3 Å². The van der Waals surface area contributed by atoms with Crippen LogP contribution in [-0.2, 0) is 16.1 Å². The number of carbonyl (C=O) groups is 1. The minimum Gasteiger partial charge on any atom is -0.380 e. The maximum Gasteiger partial charge on any atom is 0.223 e. The number of carbonyl (C=O) groups excluding carboxylic acids is 1. The topological polar surface area (TPSA) is 54.5 Å². The highest BCUT2D eigenvalue weighted by Crippen LogP contribution is 2.41. The summed E-state index contributed by atoms with van der Waals surface area (Å²) >= 11 is 0. The van der Waals surface area contributed by atoms with Crippen LogP contribution in [0.4, 0.5) is 0 Å². The third kappa shape index (κ3) is 3.00. The van der Waals surface area contributed by atoms with Gasteiger partial charge in [0, 0.05) is 55.8 Å². The van der Waals surface area contributed by atoms with Crippen LogP contribution < -0.4 is 5.32 Å². The molecular formula is C18H25N3O2. The molecule has 0 spiro atoms. The molecule has 2 saturated heterocycles. The van der Waals surface area contributed by atoms with E-state index in [-0.39, 0.29) is 17.2 Å². The Morgan fingerprint density at radius 3 is 3.13 bits per heavy atom. The van der Waals surface area contributed by atoms with E-state index in [0.29, 0.717) is 5.92 Å². The first-order valence-electron chi connectivity index (χ1n) is 8.72. The van der Waals surface area contributed by atoms with E-state index in [0.717, 1.165) is 52.2 Å². The molecule has 1 N–H and O–H groups in total. The standard InChI is InChI=1S/C18H25N3O2/c22-17(15-4-1-5-15)20-11-18-12-21(9-16(18)10-23-13-18)8-14-3-2-6-19-7-14/h2-3,6-7,15-16H,1,4-5,8-13H2,(H,20,22)/t16-,18+/m1/s1. The van der Waals surface area contributed by atoms with Crippen LogP contribution in [0, 0.1) is 17.3 Å². The lowest BCUT2D eigenvalue weighted by molar-refractivity contribution is -0.127. The largest absolute Gasteiger partial charge is 0.380 e. The van der Waals surface area contributed by atoms with Crippen molar-refractivity contribution in [2.75, 3.05) is 32.8 Å². The molecule has 1 aromatic rings. The number of fused-ring (bicyclic) bond motifs is 1. The predicted molar refractivity (Wildman–Crippen MR) is 86.6 cm³/mol. The van der Waals surface area contributed by atoms with Crippen molar-refractivity contribution in [3.05, 3.63) is 30.1 Å². The van der Waals surface area contributed by atoms with Crippen LogP contribution in [0.15, 0.2) is 24.5 Å². The molecule has 0 aromatic carbocycles. The molecule has 4 rings (SSSR count). The van der Waals surface area contributed by atoms with Gasteiger partial charge in [-0.05, 0) is 24.5 Å². The van der Waals surface area contributed by atoms with Crippen LogP contribution in [0.1, 0.15) is 24.8 Å². The zero-order valence-electron chi connectivity index (χ0n) is 13.5. The Bertz CT molecular complexity index is 561. The second-order valence-corrected chi connectivity index (χ2v) is 7.45. The number of likely N-dealkylation sites (tertiary alicyclic amines) is 1. The van der Waals surface area contributed by atoms with Crippen LogP contribution >= 0.6 is 0 Å². The van der Waals surface area contributed by atoms with E-state index < -0.39 is 0 Å². The Morgan fingerprint density at radius 1 is 1.48 bits per heavy atom. The van der Waals surface area contributed by atoms with Gasteiger partial charge in [-0.1, -0.05) is 12.5 Å². The van der Waals surface area contributed by atoms with Gasteiger partial charge < -0.3 is 10.1 Å². The van der Waals surface area contributed by atoms with Crippen molar-refractivity contribution < 1.29 is 9.53 Å². The summed E-state index contributed by atoms with van der Waals surface area (Å²) in [6, 6.07) is 4.12. The summed E-state index contributed by atoms with van der Waals surface area (Å²) in [6.45, 7) is 5.33. The van der Waals surface area contributed by atoms with E-state index in [1.54, 1.807) is 0 Å². The molecule has 3 aliphatic rings. The van der Waals surface area contributed by atoms with Crippen LogP contribution in [0.2, 0.25) is 0 Å². The summed E-state index contributed by atoms with van der Waals surface area (Å²) in [6.07, 6.45) is 7.08. The Kier molecular flexibility index (Phi) is 4.07. The van der Waals surface area contributed by atoms with Crippen molar-refractivity contribution >= 4 is 5.91 Å². The molecule has 0 bridgehead atoms. The van der Waals surface area contributed by atoms with Crippen LogP contribution in [-0.4, -0.2) is 48.6 Å². The van der Waals surface area contributed by atoms with Crippen molar-refractivity contribution in [3.63, 3.8) is 0 Å². The summed E-state index contributed by atoms with van der Waals surface area (Å²) in [5.74, 6) is 1.04. The smallest absolute Gasteiger partial charge is 0.223 e. The van der Waals surface area contributed by atoms with E-state index in [1.807, 2.05) is 18.5 Å². The van der Waals surface area contributed by atoms with E-state index in [1.165, 1.54) is 12.0 Å². The molecule has 1 saturated carbocycles. The minimum absolute atomic E-state index is 0.0988. The molecule has 5 heteroatoms. The molecule has 1 aromatic heterocycles. The lowest BCUT2D eigenvalue weighted by Crippen LogP contribution is -2.45. The first kappa shape index (κ1) is 15.1. The fraction of sp³-hybridized carbons (Fsp3) is 0.667. The highest BCUT2D eigenvalue weighted by Gasteiger charge is 2.50. The number of rotatable bonds is 5. The maximum atomic E-state index is 12.2. The molecule has 3 heterocycles. The molecule has 23 heavy (non-hydrogen) atoms. The number of pyridine rings is 1. The van der Waals surface area contributed by atoms with Crippen molar-refractivity contribution in [1.29, 1.82) is 0 Å². The molecule has 2 atom stereocenters. The van der Waals surface area contributed by atoms with Gasteiger partial charge in [0.1, 0.15) is 0 Å². The molecule has 0 unspecified atom stereocenters. The van der Waals surface area contributed by atoms with Gasteiger partial charge in [-0.3, -0.25) is 14.7 Å². The third-order valence-electron chi connectivity index (χ3n) is 5.81. The number of nitrogens with one attached hydrogen (secondary N) is 1. The zero-order chi connectivity index (χ0) is 15.7. The second-order valence-electron chi connectivity index (χ2n) is 7.45. The normalized spacial score (nSPS) is 30.9. The Morgan fingerprint density at radius 2 is 2.39 bits per heavy atom. The summed E-state index contributed by atoms with van der Waals surface area (Å²) in [7, 11) is 0. The fourth-order valence-electron chi connectivity index (χ4n) is 4.14. The SMILES string of the molecule is O=C(NC[C@]12COC[C@H]1CN(Cc1cccnc1)C2)C1CCC1. The summed E-state index contributed by atoms with van der Waals surface area (Å²) in [5.41, 5.74) is 1.35. The van der Waals surface area contributed by atoms with Crippen molar-refractivity contribution in [2.45, 2.75) is 25.8 Å². The first-order chi connectivity index (χ1) is 11.3. The van der Waals surface area contributed by atoms with Crippen molar-refractivity contribution in [3.8, 4) is 0 Å². The number of nitrogens with zero attached hydrogens (tertiary/aromatic N) is 2. The lowest BCUT2D eigenvalue weighted by Gasteiger charge is -2.30. The third-order valence-corrected chi connectivity index (χ3v) is 5.81. The quantitative estimate of drug-likeness (QED) is 0.893. The van der Waals surface area contributed by atoms with Crippen LogP contribution in [0.3, 0.4) is 0 Å². The predicted octanol–water partition coefficient (Wildman–Crippen LogP) is 1.45. The highest BCUT2D eigenvalue weighted by molar-refractivity contribution is 5.79. The van der Waals surface area contributed by atoms with Gasteiger partial charge in [-0.15, -0.1) is 0 Å². The van der Waals surface area contributed by atoms with Gasteiger partial charge in [-0.25, -0.2) is 0 Å². The molecule has 124 valence electrons. The molecule has 5 nitrogen and oxygen atoms in total.